The number of carbonyl (C=O) groups is 1. The van der Waals surface area contributed by atoms with E-state index in [1.54, 1.807) is 6.92 Å². The minimum atomic E-state index is -0.365. The fourth-order valence-electron chi connectivity index (χ4n) is 2.39. The third kappa shape index (κ3) is 5.27. The molecule has 3 aromatic rings. The van der Waals surface area contributed by atoms with Gasteiger partial charge in [0.05, 0.1) is 12.2 Å². The Balaban J connectivity index is 1.83. The topological polar surface area (TPSA) is 50.4 Å². The second-order valence-corrected chi connectivity index (χ2v) is 8.23. The van der Waals surface area contributed by atoms with E-state index in [0.29, 0.717) is 22.3 Å². The number of thiophene rings is 1. The number of benzene rings is 2. The molecule has 0 saturated heterocycles. The second-order valence-electron chi connectivity index (χ2n) is 5.53. The fraction of sp³-hybridized carbons (Fsp3) is 0.100. The van der Waals surface area contributed by atoms with Crippen molar-refractivity contribution in [3.63, 3.8) is 0 Å². The summed E-state index contributed by atoms with van der Waals surface area (Å²) in [7, 11) is 0. The Morgan fingerprint density at radius 2 is 1.81 bits per heavy atom. The lowest BCUT2D eigenvalue weighted by molar-refractivity contribution is 0.0528. The number of thiocarbonyl (C=S) groups is 1. The Morgan fingerprint density at radius 1 is 1.11 bits per heavy atom. The van der Waals surface area contributed by atoms with E-state index in [0.717, 1.165) is 19.7 Å². The van der Waals surface area contributed by atoms with Gasteiger partial charge < -0.3 is 15.4 Å². The van der Waals surface area contributed by atoms with Crippen molar-refractivity contribution in [2.45, 2.75) is 6.92 Å². The highest BCUT2D eigenvalue weighted by atomic mass is 127. The number of halogens is 1. The quantitative estimate of drug-likeness (QED) is 0.251. The zero-order valence-corrected chi connectivity index (χ0v) is 18.3. The Bertz CT molecular complexity index is 940. The van der Waals surface area contributed by atoms with Crippen LogP contribution in [0.4, 0.5) is 10.7 Å². The summed E-state index contributed by atoms with van der Waals surface area (Å²) in [6.07, 6.45) is 0. The minimum Gasteiger partial charge on any atom is -0.462 e. The number of anilines is 2. The van der Waals surface area contributed by atoms with Crippen LogP contribution >= 0.6 is 46.1 Å². The largest absolute Gasteiger partial charge is 0.462 e. The van der Waals surface area contributed by atoms with Crippen LogP contribution in [0.25, 0.3) is 10.4 Å². The maximum absolute atomic E-state index is 12.4. The number of hydrogen-bond acceptors (Lipinski definition) is 4. The molecule has 1 aromatic heterocycles. The van der Waals surface area contributed by atoms with Gasteiger partial charge in [-0.3, -0.25) is 0 Å². The van der Waals surface area contributed by atoms with Crippen molar-refractivity contribution < 1.29 is 9.53 Å². The van der Waals surface area contributed by atoms with Gasteiger partial charge in [0.2, 0.25) is 0 Å². The van der Waals surface area contributed by atoms with Crippen LogP contribution in [-0.2, 0) is 4.74 Å². The molecule has 1 heterocycles. The lowest BCUT2D eigenvalue weighted by Gasteiger charge is -2.10. The monoisotopic (exact) mass is 508 g/mol. The van der Waals surface area contributed by atoms with Crippen molar-refractivity contribution in [3.8, 4) is 10.4 Å². The molecule has 2 N–H and O–H groups in total. The summed E-state index contributed by atoms with van der Waals surface area (Å²) in [5, 5.41) is 7.36. The molecular formula is C20H17IN2O2S2. The molecule has 0 fully saturated rings. The Hall–Kier alpha value is -1.97. The van der Waals surface area contributed by atoms with E-state index in [9.17, 15) is 4.79 Å². The smallest absolute Gasteiger partial charge is 0.341 e. The van der Waals surface area contributed by atoms with Crippen LogP contribution in [0.5, 0.6) is 0 Å². The fourth-order valence-corrected chi connectivity index (χ4v) is 4.09. The van der Waals surface area contributed by atoms with E-state index in [1.165, 1.54) is 11.3 Å². The number of ether oxygens (including phenoxy) is 1. The second kappa shape index (κ2) is 9.29. The SMILES string of the molecule is CCOC(=O)c1cc(-c2ccccc2)sc1NC(=S)Nc1ccc(I)cc1. The molecule has 0 spiro atoms. The average Bonchev–Trinajstić information content (AvgIpc) is 3.08. The maximum atomic E-state index is 12.4. The van der Waals surface area contributed by atoms with Gasteiger partial charge in [0, 0.05) is 14.1 Å². The van der Waals surface area contributed by atoms with E-state index >= 15 is 0 Å². The lowest BCUT2D eigenvalue weighted by Crippen LogP contribution is -2.20. The molecule has 0 atom stereocenters. The molecule has 0 aliphatic rings. The van der Waals surface area contributed by atoms with Crippen molar-refractivity contribution in [2.24, 2.45) is 0 Å². The van der Waals surface area contributed by atoms with Crippen LogP contribution in [0.2, 0.25) is 0 Å². The molecular weight excluding hydrogens is 491 g/mol. The van der Waals surface area contributed by atoms with Crippen LogP contribution in [-0.4, -0.2) is 17.7 Å². The maximum Gasteiger partial charge on any atom is 0.341 e. The van der Waals surface area contributed by atoms with Gasteiger partial charge >= 0.3 is 5.97 Å². The molecule has 0 radical (unpaired) electrons. The van der Waals surface area contributed by atoms with Crippen LogP contribution in [0.3, 0.4) is 0 Å². The molecule has 0 saturated carbocycles. The summed E-state index contributed by atoms with van der Waals surface area (Å²) >= 11 is 9.14. The van der Waals surface area contributed by atoms with Gasteiger partial charge in [-0.1, -0.05) is 30.3 Å². The summed E-state index contributed by atoms with van der Waals surface area (Å²) in [6, 6.07) is 19.6. The summed E-state index contributed by atoms with van der Waals surface area (Å²) in [4.78, 5) is 13.3. The van der Waals surface area contributed by atoms with Gasteiger partial charge in [-0.2, -0.15) is 0 Å². The van der Waals surface area contributed by atoms with E-state index < -0.39 is 0 Å². The summed E-state index contributed by atoms with van der Waals surface area (Å²) < 4.78 is 6.34. The Morgan fingerprint density at radius 3 is 2.48 bits per heavy atom. The molecule has 0 aliphatic heterocycles. The van der Waals surface area contributed by atoms with Crippen molar-refractivity contribution in [2.75, 3.05) is 17.2 Å². The van der Waals surface area contributed by atoms with Crippen LogP contribution < -0.4 is 10.6 Å². The summed E-state index contributed by atoms with van der Waals surface area (Å²) in [5.74, 6) is -0.365. The molecule has 0 bridgehead atoms. The molecule has 4 nitrogen and oxygen atoms in total. The zero-order chi connectivity index (χ0) is 19.2. The molecule has 7 heteroatoms. The third-order valence-electron chi connectivity index (χ3n) is 3.61. The molecule has 138 valence electrons. The predicted octanol–water partition coefficient (Wildman–Crippen LogP) is 6.01. The average molecular weight is 508 g/mol. The molecule has 3 rings (SSSR count). The first-order chi connectivity index (χ1) is 13.1. The van der Waals surface area contributed by atoms with Crippen molar-refractivity contribution in [3.05, 3.63) is 69.8 Å². The molecule has 0 amide bonds. The van der Waals surface area contributed by atoms with Crippen molar-refractivity contribution >= 4 is 67.9 Å². The van der Waals surface area contributed by atoms with E-state index in [-0.39, 0.29) is 5.97 Å². The molecule has 0 aliphatic carbocycles. The van der Waals surface area contributed by atoms with Gasteiger partial charge in [-0.15, -0.1) is 11.3 Å². The predicted molar refractivity (Wildman–Crippen MR) is 125 cm³/mol. The van der Waals surface area contributed by atoms with Crippen molar-refractivity contribution in [1.82, 2.24) is 0 Å². The Labute approximate surface area is 181 Å². The summed E-state index contributed by atoms with van der Waals surface area (Å²) in [6.45, 7) is 2.11. The lowest BCUT2D eigenvalue weighted by atomic mass is 10.1. The van der Waals surface area contributed by atoms with Gasteiger partial charge in [0.25, 0.3) is 0 Å². The third-order valence-corrected chi connectivity index (χ3v) is 5.64. The number of carbonyl (C=O) groups excluding carboxylic acids is 1. The molecule has 2 aromatic carbocycles. The van der Waals surface area contributed by atoms with E-state index in [4.69, 9.17) is 17.0 Å². The Kier molecular flexibility index (Phi) is 6.81. The number of hydrogen-bond donors (Lipinski definition) is 2. The van der Waals surface area contributed by atoms with Crippen LogP contribution in [0.1, 0.15) is 17.3 Å². The number of esters is 1. The first-order valence-corrected chi connectivity index (χ1v) is 10.6. The zero-order valence-electron chi connectivity index (χ0n) is 14.5. The van der Waals surface area contributed by atoms with Crippen LogP contribution in [0, 0.1) is 3.57 Å². The highest BCUT2D eigenvalue weighted by molar-refractivity contribution is 14.1. The number of rotatable bonds is 5. The van der Waals surface area contributed by atoms with Crippen molar-refractivity contribution in [1.29, 1.82) is 0 Å². The van der Waals surface area contributed by atoms with Crippen LogP contribution in [0.15, 0.2) is 60.7 Å². The normalized spacial score (nSPS) is 10.3. The van der Waals surface area contributed by atoms with E-state index in [1.807, 2.05) is 60.7 Å². The van der Waals surface area contributed by atoms with E-state index in [2.05, 4.69) is 33.2 Å². The van der Waals surface area contributed by atoms with Gasteiger partial charge in [0.1, 0.15) is 5.00 Å². The first-order valence-electron chi connectivity index (χ1n) is 8.26. The number of nitrogens with one attached hydrogen (secondary N) is 2. The van der Waals surface area contributed by atoms with Gasteiger partial charge in [-0.25, -0.2) is 4.79 Å². The van der Waals surface area contributed by atoms with Gasteiger partial charge in [-0.05, 0) is 77.6 Å². The van der Waals surface area contributed by atoms with Gasteiger partial charge in [0.15, 0.2) is 5.11 Å². The minimum absolute atomic E-state index is 0.320. The summed E-state index contributed by atoms with van der Waals surface area (Å²) in [5.41, 5.74) is 2.40. The molecule has 27 heavy (non-hydrogen) atoms. The highest BCUT2D eigenvalue weighted by Gasteiger charge is 2.19. The first kappa shape index (κ1) is 19.8. The molecule has 0 unspecified atom stereocenters. The highest BCUT2D eigenvalue weighted by Crippen LogP contribution is 2.36. The standard InChI is InChI=1S/C20H17IN2O2S2/c1-2-25-19(24)16-12-17(13-6-4-3-5-7-13)27-18(16)23-20(26)22-15-10-8-14(21)9-11-15/h3-12H,2H2,1H3,(H2,22,23,26).